The Labute approximate surface area is 116 Å². The number of oxime groups is 1. The number of carbonyl (C=O) groups is 2. The van der Waals surface area contributed by atoms with Crippen LogP contribution in [0.3, 0.4) is 0 Å². The van der Waals surface area contributed by atoms with Crippen LogP contribution in [0.25, 0.3) is 0 Å². The van der Waals surface area contributed by atoms with Gasteiger partial charge in [0.05, 0.1) is 12.8 Å². The number of nitrogens with one attached hydrogen (secondary N) is 2. The van der Waals surface area contributed by atoms with Gasteiger partial charge in [0.15, 0.2) is 0 Å². The molecule has 0 aliphatic heterocycles. The predicted molar refractivity (Wildman–Crippen MR) is 74.1 cm³/mol. The summed E-state index contributed by atoms with van der Waals surface area (Å²) >= 11 is 0. The number of ether oxygens (including phenoxy) is 1. The summed E-state index contributed by atoms with van der Waals surface area (Å²) in [6.07, 6.45) is 0. The lowest BCUT2D eigenvalue weighted by atomic mass is 10.1. The maximum Gasteiger partial charge on any atom is 0.328 e. The lowest BCUT2D eigenvalue weighted by Gasteiger charge is -2.12. The van der Waals surface area contributed by atoms with Crippen molar-refractivity contribution < 1.29 is 19.5 Å². The fraction of sp³-hybridized carbons (Fsp3) is 0.308. The first-order valence-corrected chi connectivity index (χ1v) is 5.92. The van der Waals surface area contributed by atoms with E-state index in [2.05, 4.69) is 20.5 Å². The maximum absolute atomic E-state index is 11.6. The van der Waals surface area contributed by atoms with Gasteiger partial charge in [-0.3, -0.25) is 0 Å². The van der Waals surface area contributed by atoms with E-state index in [1.54, 1.807) is 31.2 Å². The molecule has 0 aliphatic rings. The number of hydrogen-bond acceptors (Lipinski definition) is 5. The Hall–Kier alpha value is -2.57. The highest BCUT2D eigenvalue weighted by Crippen LogP contribution is 2.10. The van der Waals surface area contributed by atoms with Crippen molar-refractivity contribution in [3.05, 3.63) is 29.8 Å². The van der Waals surface area contributed by atoms with Gasteiger partial charge in [0, 0.05) is 5.69 Å². The van der Waals surface area contributed by atoms with Crippen molar-refractivity contribution >= 4 is 23.4 Å². The Morgan fingerprint density at radius 1 is 1.30 bits per heavy atom. The first-order valence-electron chi connectivity index (χ1n) is 5.92. The van der Waals surface area contributed by atoms with Crippen LogP contribution in [0.5, 0.6) is 0 Å². The van der Waals surface area contributed by atoms with Crippen LogP contribution in [0.2, 0.25) is 0 Å². The molecule has 3 N–H and O–H groups in total. The molecule has 0 saturated carbocycles. The fourth-order valence-electron chi connectivity index (χ4n) is 1.45. The highest BCUT2D eigenvalue weighted by molar-refractivity contribution is 5.99. The molecule has 0 aromatic heterocycles. The Morgan fingerprint density at radius 3 is 2.40 bits per heavy atom. The van der Waals surface area contributed by atoms with Gasteiger partial charge in [0.1, 0.15) is 6.04 Å². The van der Waals surface area contributed by atoms with E-state index in [0.717, 1.165) is 5.56 Å². The third-order valence-electron chi connectivity index (χ3n) is 2.61. The Morgan fingerprint density at radius 2 is 1.90 bits per heavy atom. The normalized spacial score (nSPS) is 12.4. The van der Waals surface area contributed by atoms with E-state index in [1.807, 2.05) is 0 Å². The monoisotopic (exact) mass is 279 g/mol. The molecule has 7 nitrogen and oxygen atoms in total. The number of rotatable bonds is 4. The SMILES string of the molecule is COC(=O)C(C)NC(=O)Nc1ccc(C(C)=NO)cc1. The number of anilines is 1. The minimum atomic E-state index is -0.733. The van der Waals surface area contributed by atoms with Gasteiger partial charge in [-0.05, 0) is 31.5 Å². The minimum absolute atomic E-state index is 0.473. The molecule has 1 rings (SSSR count). The molecule has 1 aromatic rings. The lowest BCUT2D eigenvalue weighted by Crippen LogP contribution is -2.41. The van der Waals surface area contributed by atoms with E-state index >= 15 is 0 Å². The molecule has 0 spiro atoms. The minimum Gasteiger partial charge on any atom is -0.467 e. The Balaban J connectivity index is 2.61. The van der Waals surface area contributed by atoms with Gasteiger partial charge in [-0.25, -0.2) is 9.59 Å². The van der Waals surface area contributed by atoms with Gasteiger partial charge in [-0.1, -0.05) is 17.3 Å². The topological polar surface area (TPSA) is 100 Å². The van der Waals surface area contributed by atoms with Gasteiger partial charge in [0.25, 0.3) is 0 Å². The van der Waals surface area contributed by atoms with Gasteiger partial charge in [-0.15, -0.1) is 0 Å². The molecule has 1 atom stereocenters. The second kappa shape index (κ2) is 7.13. The zero-order valence-electron chi connectivity index (χ0n) is 11.5. The second-order valence-corrected chi connectivity index (χ2v) is 4.11. The standard InChI is InChI=1S/C13H17N3O4/c1-8(16-19)10-4-6-11(7-5-10)15-13(18)14-9(2)12(17)20-3/h4-7,9,19H,1-3H3,(H2,14,15,18). The number of urea groups is 1. The van der Waals surface area contributed by atoms with Crippen LogP contribution < -0.4 is 10.6 Å². The lowest BCUT2D eigenvalue weighted by molar-refractivity contribution is -0.142. The molecule has 0 radical (unpaired) electrons. The first kappa shape index (κ1) is 15.5. The van der Waals surface area contributed by atoms with E-state index < -0.39 is 18.0 Å². The molecular formula is C13H17N3O4. The number of amides is 2. The summed E-state index contributed by atoms with van der Waals surface area (Å²) in [6.45, 7) is 3.18. The summed E-state index contributed by atoms with van der Waals surface area (Å²) in [6, 6.07) is 5.48. The number of esters is 1. The summed E-state index contributed by atoms with van der Waals surface area (Å²) in [4.78, 5) is 22.8. The van der Waals surface area contributed by atoms with Crippen LogP contribution in [0.1, 0.15) is 19.4 Å². The van der Waals surface area contributed by atoms with Gasteiger partial charge < -0.3 is 20.6 Å². The molecule has 0 aliphatic carbocycles. The third kappa shape index (κ3) is 4.27. The number of carbonyl (C=O) groups excluding carboxylic acids is 2. The molecule has 0 fully saturated rings. The first-order chi connectivity index (χ1) is 9.47. The molecule has 0 bridgehead atoms. The quantitative estimate of drug-likeness (QED) is 0.337. The molecule has 1 aromatic carbocycles. The summed E-state index contributed by atoms with van der Waals surface area (Å²) in [5, 5.41) is 16.7. The third-order valence-corrected chi connectivity index (χ3v) is 2.61. The molecule has 20 heavy (non-hydrogen) atoms. The van der Waals surface area contributed by atoms with E-state index in [1.165, 1.54) is 14.0 Å². The van der Waals surface area contributed by atoms with Gasteiger partial charge in [0.2, 0.25) is 0 Å². The van der Waals surface area contributed by atoms with Crippen molar-refractivity contribution in [3.63, 3.8) is 0 Å². The van der Waals surface area contributed by atoms with Crippen LogP contribution >= 0.6 is 0 Å². The predicted octanol–water partition coefficient (Wildman–Crippen LogP) is 1.57. The van der Waals surface area contributed by atoms with Gasteiger partial charge >= 0.3 is 12.0 Å². The molecule has 2 amide bonds. The number of benzene rings is 1. The van der Waals surface area contributed by atoms with Crippen molar-refractivity contribution in [2.45, 2.75) is 19.9 Å². The second-order valence-electron chi connectivity index (χ2n) is 4.11. The molecule has 108 valence electrons. The Kier molecular flexibility index (Phi) is 5.52. The molecular weight excluding hydrogens is 262 g/mol. The van der Waals surface area contributed by atoms with E-state index in [0.29, 0.717) is 11.4 Å². The van der Waals surface area contributed by atoms with Crippen molar-refractivity contribution in [2.75, 3.05) is 12.4 Å². The number of nitrogens with zero attached hydrogens (tertiary/aromatic N) is 1. The van der Waals surface area contributed by atoms with E-state index in [-0.39, 0.29) is 0 Å². The highest BCUT2D eigenvalue weighted by Gasteiger charge is 2.15. The zero-order valence-corrected chi connectivity index (χ0v) is 11.5. The largest absolute Gasteiger partial charge is 0.467 e. The van der Waals surface area contributed by atoms with Crippen LogP contribution in [-0.2, 0) is 9.53 Å². The maximum atomic E-state index is 11.6. The number of methoxy groups -OCH3 is 1. The average Bonchev–Trinajstić information content (AvgIpc) is 2.46. The van der Waals surface area contributed by atoms with E-state index in [4.69, 9.17) is 5.21 Å². The van der Waals surface area contributed by atoms with Crippen LogP contribution in [0.4, 0.5) is 10.5 Å². The summed E-state index contributed by atoms with van der Waals surface area (Å²) in [7, 11) is 1.25. The average molecular weight is 279 g/mol. The molecule has 0 heterocycles. The zero-order chi connectivity index (χ0) is 15.1. The Bertz CT molecular complexity index is 511. The smallest absolute Gasteiger partial charge is 0.328 e. The highest BCUT2D eigenvalue weighted by atomic mass is 16.5. The van der Waals surface area contributed by atoms with Crippen LogP contribution in [0, 0.1) is 0 Å². The van der Waals surface area contributed by atoms with Gasteiger partial charge in [-0.2, -0.15) is 0 Å². The summed E-state index contributed by atoms with van der Waals surface area (Å²) < 4.78 is 4.50. The summed E-state index contributed by atoms with van der Waals surface area (Å²) in [5.41, 5.74) is 1.76. The van der Waals surface area contributed by atoms with Crippen LogP contribution in [0.15, 0.2) is 29.4 Å². The van der Waals surface area contributed by atoms with Crippen molar-refractivity contribution in [1.29, 1.82) is 0 Å². The summed E-state index contributed by atoms with van der Waals surface area (Å²) in [5.74, 6) is -0.523. The molecule has 7 heteroatoms. The van der Waals surface area contributed by atoms with E-state index in [9.17, 15) is 9.59 Å². The number of hydrogen-bond donors (Lipinski definition) is 3. The van der Waals surface area contributed by atoms with Crippen LogP contribution in [-0.4, -0.2) is 36.1 Å². The molecule has 0 saturated heterocycles. The van der Waals surface area contributed by atoms with Crippen molar-refractivity contribution in [3.8, 4) is 0 Å². The molecule has 1 unspecified atom stereocenters. The van der Waals surface area contributed by atoms with Crippen molar-refractivity contribution in [2.24, 2.45) is 5.16 Å². The fourth-order valence-corrected chi connectivity index (χ4v) is 1.45. The van der Waals surface area contributed by atoms with Crippen molar-refractivity contribution in [1.82, 2.24) is 5.32 Å².